The van der Waals surface area contributed by atoms with Crippen LogP contribution in [0.25, 0.3) is 5.65 Å². The molecule has 11 nitrogen and oxygen atoms in total. The average molecular weight is 515 g/mol. The molecule has 4 rings (SSSR count). The van der Waals surface area contributed by atoms with Crippen molar-refractivity contribution in [1.82, 2.24) is 29.8 Å². The minimum atomic E-state index is -0.566. The molecule has 1 saturated heterocycles. The Morgan fingerprint density at radius 1 is 1.22 bits per heavy atom. The Bertz CT molecular complexity index is 1340. The van der Waals surface area contributed by atoms with Crippen molar-refractivity contribution in [2.75, 3.05) is 19.6 Å². The van der Waals surface area contributed by atoms with Crippen molar-refractivity contribution < 1.29 is 19.1 Å². The highest BCUT2D eigenvalue weighted by atomic mass is 32.1. The number of nitrogens with one attached hydrogen (secondary N) is 2. The lowest BCUT2D eigenvalue weighted by Crippen LogP contribution is -2.41. The molecule has 1 aliphatic rings. The molecule has 2 N–H and O–H groups in total. The summed E-state index contributed by atoms with van der Waals surface area (Å²) >= 11 is 1.44. The molecule has 1 fully saturated rings. The number of aromatic amines is 1. The standard InChI is InChI=1S/C24H30N6O5S/c1-14-11-25-20(36-14)9-16(31)12-26-22(33)17-13-27-30-18(10-19(32)28-21(17)30)15-5-7-29(8-6-15)23(34)35-24(2,3)4/h10-11,13,15H,5-9,12H2,1-4H3,(H,26,33)(H,28,32). The van der Waals surface area contributed by atoms with E-state index in [9.17, 15) is 19.2 Å². The fourth-order valence-corrected chi connectivity index (χ4v) is 4.96. The van der Waals surface area contributed by atoms with Gasteiger partial charge < -0.3 is 19.9 Å². The molecule has 4 heterocycles. The lowest BCUT2D eigenvalue weighted by Gasteiger charge is -2.33. The van der Waals surface area contributed by atoms with E-state index in [0.717, 1.165) is 4.88 Å². The van der Waals surface area contributed by atoms with Crippen LogP contribution in [0, 0.1) is 6.92 Å². The van der Waals surface area contributed by atoms with Crippen molar-refractivity contribution in [3.8, 4) is 0 Å². The fourth-order valence-electron chi connectivity index (χ4n) is 4.14. The SMILES string of the molecule is Cc1cnc(CC(=O)CNC(=O)c2cnn3c(C4CCN(C(=O)OC(C)(C)C)CC4)cc(=O)[nH]c23)s1. The van der Waals surface area contributed by atoms with E-state index in [1.54, 1.807) is 15.6 Å². The van der Waals surface area contributed by atoms with E-state index in [1.165, 1.54) is 23.6 Å². The number of likely N-dealkylation sites (tertiary alicyclic amines) is 1. The van der Waals surface area contributed by atoms with Crippen LogP contribution in [-0.2, 0) is 16.0 Å². The summed E-state index contributed by atoms with van der Waals surface area (Å²) in [6, 6.07) is 1.48. The molecule has 0 atom stereocenters. The summed E-state index contributed by atoms with van der Waals surface area (Å²) in [5.41, 5.74) is 0.206. The van der Waals surface area contributed by atoms with E-state index in [1.807, 2.05) is 27.7 Å². The number of aryl methyl sites for hydroxylation is 1. The number of nitrogens with zero attached hydrogens (tertiary/aromatic N) is 4. The van der Waals surface area contributed by atoms with E-state index in [2.05, 4.69) is 20.4 Å². The van der Waals surface area contributed by atoms with Crippen LogP contribution < -0.4 is 10.9 Å². The van der Waals surface area contributed by atoms with E-state index in [0.29, 0.717) is 36.6 Å². The van der Waals surface area contributed by atoms with Crippen LogP contribution in [0.15, 0.2) is 23.3 Å². The van der Waals surface area contributed by atoms with Gasteiger partial charge in [0.15, 0.2) is 5.78 Å². The number of carbonyl (C=O) groups is 3. The van der Waals surface area contributed by atoms with Gasteiger partial charge in [0.05, 0.1) is 24.9 Å². The lowest BCUT2D eigenvalue weighted by molar-refractivity contribution is -0.117. The van der Waals surface area contributed by atoms with Crippen molar-refractivity contribution in [3.05, 3.63) is 50.0 Å². The smallest absolute Gasteiger partial charge is 0.410 e. The zero-order valence-corrected chi connectivity index (χ0v) is 21.6. The maximum atomic E-state index is 12.8. The molecule has 0 bridgehead atoms. The molecular weight excluding hydrogens is 484 g/mol. The van der Waals surface area contributed by atoms with E-state index in [-0.39, 0.29) is 47.5 Å². The van der Waals surface area contributed by atoms with Gasteiger partial charge in [-0.2, -0.15) is 5.10 Å². The van der Waals surface area contributed by atoms with Gasteiger partial charge in [0.25, 0.3) is 11.5 Å². The maximum absolute atomic E-state index is 12.8. The molecular formula is C24H30N6O5S. The fraction of sp³-hybridized carbons (Fsp3) is 0.500. The Kier molecular flexibility index (Phi) is 7.25. The number of H-pyrrole nitrogens is 1. The summed E-state index contributed by atoms with van der Waals surface area (Å²) < 4.78 is 7.01. The number of Topliss-reactive ketones (excluding diaryl/α,β-unsaturated/α-hetero) is 1. The molecule has 3 aromatic rings. The minimum Gasteiger partial charge on any atom is -0.444 e. The van der Waals surface area contributed by atoms with Gasteiger partial charge in [-0.1, -0.05) is 0 Å². The van der Waals surface area contributed by atoms with Gasteiger partial charge in [0, 0.05) is 36.1 Å². The molecule has 0 unspecified atom stereocenters. The first-order valence-electron chi connectivity index (χ1n) is 11.8. The summed E-state index contributed by atoms with van der Waals surface area (Å²) in [5, 5.41) is 7.66. The highest BCUT2D eigenvalue weighted by Crippen LogP contribution is 2.28. The first-order valence-corrected chi connectivity index (χ1v) is 12.6. The number of hydrogen-bond donors (Lipinski definition) is 2. The summed E-state index contributed by atoms with van der Waals surface area (Å²) in [5.74, 6) is -0.686. The number of hydrogen-bond acceptors (Lipinski definition) is 8. The Balaban J connectivity index is 1.43. The van der Waals surface area contributed by atoms with Gasteiger partial charge in [-0.05, 0) is 40.5 Å². The van der Waals surface area contributed by atoms with Gasteiger partial charge >= 0.3 is 6.09 Å². The molecule has 192 valence electrons. The number of piperidine rings is 1. The van der Waals surface area contributed by atoms with Crippen LogP contribution in [0.3, 0.4) is 0 Å². The van der Waals surface area contributed by atoms with Gasteiger partial charge in [-0.25, -0.2) is 14.3 Å². The molecule has 0 saturated carbocycles. The highest BCUT2D eigenvalue weighted by Gasteiger charge is 2.29. The van der Waals surface area contributed by atoms with Crippen LogP contribution in [0.4, 0.5) is 4.79 Å². The summed E-state index contributed by atoms with van der Waals surface area (Å²) in [6.07, 6.45) is 4.15. The molecule has 0 radical (unpaired) electrons. The van der Waals surface area contributed by atoms with Crippen molar-refractivity contribution in [3.63, 3.8) is 0 Å². The first kappa shape index (κ1) is 25.5. The topological polar surface area (TPSA) is 139 Å². The van der Waals surface area contributed by atoms with Gasteiger partial charge in [0.2, 0.25) is 0 Å². The molecule has 1 aliphatic heterocycles. The zero-order chi connectivity index (χ0) is 26.0. The number of carbonyl (C=O) groups excluding carboxylic acids is 3. The molecule has 0 spiro atoms. The molecule has 0 aromatic carbocycles. The van der Waals surface area contributed by atoms with E-state index < -0.39 is 11.5 Å². The second-order valence-electron chi connectivity index (χ2n) is 9.88. The third-order valence-corrected chi connectivity index (χ3v) is 6.72. The van der Waals surface area contributed by atoms with Crippen molar-refractivity contribution >= 4 is 34.8 Å². The van der Waals surface area contributed by atoms with Gasteiger partial charge in [-0.3, -0.25) is 14.4 Å². The second kappa shape index (κ2) is 10.2. The molecule has 0 aliphatic carbocycles. The quantitative estimate of drug-likeness (QED) is 0.515. The monoisotopic (exact) mass is 514 g/mol. The predicted molar refractivity (Wildman–Crippen MR) is 133 cm³/mol. The van der Waals surface area contributed by atoms with Crippen molar-refractivity contribution in [2.24, 2.45) is 0 Å². The van der Waals surface area contributed by atoms with E-state index in [4.69, 9.17) is 4.74 Å². The van der Waals surface area contributed by atoms with Crippen LogP contribution >= 0.6 is 11.3 Å². The number of ether oxygens (including phenoxy) is 1. The number of thiazole rings is 1. The second-order valence-corrected chi connectivity index (χ2v) is 11.2. The largest absolute Gasteiger partial charge is 0.444 e. The van der Waals surface area contributed by atoms with Crippen LogP contribution in [-0.4, -0.2) is 67.5 Å². The molecule has 2 amide bonds. The number of amides is 2. The van der Waals surface area contributed by atoms with Crippen LogP contribution in [0.1, 0.15) is 65.5 Å². The third-order valence-electron chi connectivity index (χ3n) is 5.81. The molecule has 36 heavy (non-hydrogen) atoms. The Hall–Kier alpha value is -3.54. The minimum absolute atomic E-state index is 0.0207. The van der Waals surface area contributed by atoms with Gasteiger partial charge in [-0.15, -0.1) is 11.3 Å². The van der Waals surface area contributed by atoms with Crippen molar-refractivity contribution in [2.45, 2.75) is 58.5 Å². The van der Waals surface area contributed by atoms with Gasteiger partial charge in [0.1, 0.15) is 21.8 Å². The maximum Gasteiger partial charge on any atom is 0.410 e. The summed E-state index contributed by atoms with van der Waals surface area (Å²) in [6.45, 7) is 8.22. The Morgan fingerprint density at radius 3 is 2.58 bits per heavy atom. The Morgan fingerprint density at radius 2 is 1.94 bits per heavy atom. The predicted octanol–water partition coefficient (Wildman–Crippen LogP) is 2.44. The number of rotatable bonds is 6. The molecule has 12 heteroatoms. The number of ketones is 1. The number of fused-ring (bicyclic) bond motifs is 1. The van der Waals surface area contributed by atoms with Crippen LogP contribution in [0.5, 0.6) is 0 Å². The van der Waals surface area contributed by atoms with E-state index >= 15 is 0 Å². The normalized spacial score (nSPS) is 14.7. The number of aromatic nitrogens is 4. The first-order chi connectivity index (χ1) is 17.0. The average Bonchev–Trinajstić information content (AvgIpc) is 3.41. The third kappa shape index (κ3) is 5.99. The summed E-state index contributed by atoms with van der Waals surface area (Å²) in [7, 11) is 0. The van der Waals surface area contributed by atoms with Crippen LogP contribution in [0.2, 0.25) is 0 Å². The summed E-state index contributed by atoms with van der Waals surface area (Å²) in [4.78, 5) is 59.4. The highest BCUT2D eigenvalue weighted by molar-refractivity contribution is 7.11. The Labute approximate surface area is 211 Å². The lowest BCUT2D eigenvalue weighted by atomic mass is 9.93. The van der Waals surface area contributed by atoms with Crippen molar-refractivity contribution in [1.29, 1.82) is 0 Å². The zero-order valence-electron chi connectivity index (χ0n) is 20.8. The molecule has 3 aromatic heterocycles.